The molecule has 0 saturated heterocycles. The van der Waals surface area contributed by atoms with Crippen molar-refractivity contribution in [3.05, 3.63) is 17.9 Å². The van der Waals surface area contributed by atoms with Gasteiger partial charge in [0, 0.05) is 12.1 Å². The van der Waals surface area contributed by atoms with E-state index in [9.17, 15) is 9.50 Å². The number of nitriles is 1. The van der Waals surface area contributed by atoms with Crippen LogP contribution in [0, 0.1) is 22.6 Å². The fourth-order valence-electron chi connectivity index (χ4n) is 1.06. The fraction of sp³-hybridized carbons (Fsp3) is 0.100. The van der Waals surface area contributed by atoms with Crippen molar-refractivity contribution in [3.8, 4) is 17.6 Å². The average molecular weight is 251 g/mol. The normalized spacial score (nSPS) is 10.6. The quantitative estimate of drug-likeness (QED) is 0.357. The van der Waals surface area contributed by atoms with E-state index in [2.05, 4.69) is 10.5 Å². The molecule has 0 spiro atoms. The summed E-state index contributed by atoms with van der Waals surface area (Å²) in [4.78, 5) is 0. The molecule has 5 N–H and O–H groups in total. The number of halogens is 1. The molecule has 0 heterocycles. The smallest absolute Gasteiger partial charge is 0.201 e. The molecule has 0 radical (unpaired) electrons. The first-order chi connectivity index (χ1) is 8.49. The number of phenols is 1. The standard InChI is InChI=1S/C10H10FN5O2/c1-18-9-2-5(11)8(17)3-6(9)15-16-7(4-12)10(13)14/h2-3,15,17H,1H3,(H3,13,14)/b16-7+. The molecule has 1 aromatic carbocycles. The van der Waals surface area contributed by atoms with Crippen molar-refractivity contribution in [3.63, 3.8) is 0 Å². The fourth-order valence-corrected chi connectivity index (χ4v) is 1.06. The summed E-state index contributed by atoms with van der Waals surface area (Å²) in [7, 11) is 1.30. The van der Waals surface area contributed by atoms with Crippen LogP contribution in [0.5, 0.6) is 11.5 Å². The highest BCUT2D eigenvalue weighted by molar-refractivity contribution is 6.45. The van der Waals surface area contributed by atoms with Crippen molar-refractivity contribution in [2.75, 3.05) is 12.5 Å². The summed E-state index contributed by atoms with van der Waals surface area (Å²) in [5, 5.41) is 28.4. The number of nitrogens with two attached hydrogens (primary N) is 1. The molecule has 0 aliphatic heterocycles. The molecule has 0 saturated carbocycles. The Morgan fingerprint density at radius 3 is 2.83 bits per heavy atom. The molecule has 1 rings (SSSR count). The predicted molar refractivity (Wildman–Crippen MR) is 63.2 cm³/mol. The number of methoxy groups -OCH3 is 1. The zero-order chi connectivity index (χ0) is 13.7. The second-order valence-electron chi connectivity index (χ2n) is 3.10. The first kappa shape index (κ1) is 13.2. The van der Waals surface area contributed by atoms with E-state index in [4.69, 9.17) is 21.1 Å². The van der Waals surface area contributed by atoms with E-state index in [0.29, 0.717) is 0 Å². The molecule has 94 valence electrons. The third kappa shape index (κ3) is 2.85. The van der Waals surface area contributed by atoms with E-state index in [-0.39, 0.29) is 17.1 Å². The number of amidine groups is 1. The van der Waals surface area contributed by atoms with Crippen LogP contribution in [0.15, 0.2) is 17.2 Å². The van der Waals surface area contributed by atoms with Gasteiger partial charge in [-0.25, -0.2) is 4.39 Å². The number of phenolic OH excluding ortho intramolecular Hbond substituents is 1. The van der Waals surface area contributed by atoms with Crippen molar-refractivity contribution in [2.24, 2.45) is 10.8 Å². The highest BCUT2D eigenvalue weighted by atomic mass is 19.1. The molecule has 18 heavy (non-hydrogen) atoms. The Kier molecular flexibility index (Phi) is 4.04. The number of ether oxygens (including phenoxy) is 1. The molecular weight excluding hydrogens is 241 g/mol. The van der Waals surface area contributed by atoms with E-state index in [0.717, 1.165) is 12.1 Å². The van der Waals surface area contributed by atoms with Gasteiger partial charge in [0.05, 0.1) is 7.11 Å². The second kappa shape index (κ2) is 5.49. The van der Waals surface area contributed by atoms with Crippen LogP contribution in [-0.2, 0) is 0 Å². The Labute approximate surface area is 102 Å². The molecule has 0 bridgehead atoms. The summed E-state index contributed by atoms with van der Waals surface area (Å²) in [6.45, 7) is 0. The number of rotatable bonds is 4. The Hall–Kier alpha value is -2.82. The van der Waals surface area contributed by atoms with Crippen molar-refractivity contribution in [1.29, 1.82) is 10.7 Å². The number of hydrogen-bond acceptors (Lipinski definition) is 6. The van der Waals surface area contributed by atoms with E-state index >= 15 is 0 Å². The Morgan fingerprint density at radius 2 is 2.33 bits per heavy atom. The minimum Gasteiger partial charge on any atom is -0.505 e. The molecule has 8 heteroatoms. The maximum atomic E-state index is 13.0. The highest BCUT2D eigenvalue weighted by Gasteiger charge is 2.10. The number of anilines is 1. The van der Waals surface area contributed by atoms with E-state index < -0.39 is 17.4 Å². The molecule has 1 aromatic rings. The molecule has 0 aliphatic carbocycles. The van der Waals surface area contributed by atoms with Gasteiger partial charge in [0.1, 0.15) is 17.5 Å². The van der Waals surface area contributed by atoms with Crippen LogP contribution in [0.25, 0.3) is 0 Å². The molecule has 0 unspecified atom stereocenters. The van der Waals surface area contributed by atoms with Gasteiger partial charge in [0.2, 0.25) is 5.71 Å². The maximum absolute atomic E-state index is 13.0. The van der Waals surface area contributed by atoms with Gasteiger partial charge in [-0.3, -0.25) is 10.8 Å². The van der Waals surface area contributed by atoms with Crippen LogP contribution < -0.4 is 15.9 Å². The average Bonchev–Trinajstić information content (AvgIpc) is 2.33. The van der Waals surface area contributed by atoms with Crippen molar-refractivity contribution in [2.45, 2.75) is 0 Å². The first-order valence-corrected chi connectivity index (χ1v) is 4.64. The largest absolute Gasteiger partial charge is 0.505 e. The van der Waals surface area contributed by atoms with Gasteiger partial charge in [0.25, 0.3) is 0 Å². The molecule has 0 aliphatic rings. The van der Waals surface area contributed by atoms with E-state index in [1.165, 1.54) is 7.11 Å². The Balaban J connectivity index is 3.08. The summed E-state index contributed by atoms with van der Waals surface area (Å²) >= 11 is 0. The minimum absolute atomic E-state index is 0.0786. The van der Waals surface area contributed by atoms with Crippen LogP contribution >= 0.6 is 0 Å². The van der Waals surface area contributed by atoms with Gasteiger partial charge in [-0.15, -0.1) is 0 Å². The topological polar surface area (TPSA) is 128 Å². The summed E-state index contributed by atoms with van der Waals surface area (Å²) in [5.41, 5.74) is 7.23. The summed E-state index contributed by atoms with van der Waals surface area (Å²) in [6, 6.07) is 3.58. The zero-order valence-electron chi connectivity index (χ0n) is 9.36. The highest BCUT2D eigenvalue weighted by Crippen LogP contribution is 2.31. The van der Waals surface area contributed by atoms with Crippen molar-refractivity contribution >= 4 is 17.2 Å². The Bertz CT molecular complexity index is 550. The lowest BCUT2D eigenvalue weighted by Gasteiger charge is -2.08. The van der Waals surface area contributed by atoms with Gasteiger partial charge in [-0.2, -0.15) is 10.4 Å². The molecule has 0 amide bonds. The molecular formula is C10H10FN5O2. The second-order valence-corrected chi connectivity index (χ2v) is 3.10. The lowest BCUT2D eigenvalue weighted by molar-refractivity contribution is 0.401. The number of hydrazone groups is 1. The number of hydrogen-bond donors (Lipinski definition) is 4. The van der Waals surface area contributed by atoms with Crippen LogP contribution in [-0.4, -0.2) is 23.8 Å². The predicted octanol–water partition coefficient (Wildman–Crippen LogP) is 0.767. The molecule has 0 aromatic heterocycles. The SMILES string of the molecule is COc1cc(F)c(O)cc1N/N=C(\C#N)C(=N)N. The first-order valence-electron chi connectivity index (χ1n) is 4.64. The van der Waals surface area contributed by atoms with Crippen LogP contribution in [0.1, 0.15) is 0 Å². The molecule has 0 atom stereocenters. The van der Waals surface area contributed by atoms with Gasteiger partial charge in [0.15, 0.2) is 17.4 Å². The van der Waals surface area contributed by atoms with Gasteiger partial charge in [-0.05, 0) is 0 Å². The third-order valence-corrected chi connectivity index (χ3v) is 1.92. The van der Waals surface area contributed by atoms with Crippen LogP contribution in [0.3, 0.4) is 0 Å². The lowest BCUT2D eigenvalue weighted by atomic mass is 10.2. The maximum Gasteiger partial charge on any atom is 0.201 e. The molecule has 0 fully saturated rings. The van der Waals surface area contributed by atoms with Gasteiger partial charge >= 0.3 is 0 Å². The lowest BCUT2D eigenvalue weighted by Crippen LogP contribution is -2.21. The zero-order valence-corrected chi connectivity index (χ0v) is 9.36. The number of aromatic hydroxyl groups is 1. The number of nitrogens with one attached hydrogen (secondary N) is 2. The van der Waals surface area contributed by atoms with E-state index in [1.807, 2.05) is 0 Å². The Morgan fingerprint density at radius 1 is 1.67 bits per heavy atom. The summed E-state index contributed by atoms with van der Waals surface area (Å²) in [6.07, 6.45) is 0. The minimum atomic E-state index is -0.853. The van der Waals surface area contributed by atoms with Crippen molar-refractivity contribution in [1.82, 2.24) is 0 Å². The van der Waals surface area contributed by atoms with Gasteiger partial charge < -0.3 is 15.6 Å². The van der Waals surface area contributed by atoms with Crippen LogP contribution in [0.4, 0.5) is 10.1 Å². The van der Waals surface area contributed by atoms with Crippen LogP contribution in [0.2, 0.25) is 0 Å². The summed E-state index contributed by atoms with van der Waals surface area (Å²) < 4.78 is 17.9. The monoisotopic (exact) mass is 251 g/mol. The van der Waals surface area contributed by atoms with Gasteiger partial charge in [-0.1, -0.05) is 0 Å². The summed E-state index contributed by atoms with van der Waals surface area (Å²) in [5.74, 6) is -1.89. The third-order valence-electron chi connectivity index (χ3n) is 1.92. The number of benzene rings is 1. The number of nitrogens with zero attached hydrogens (tertiary/aromatic N) is 2. The molecule has 7 nitrogen and oxygen atoms in total. The van der Waals surface area contributed by atoms with E-state index in [1.54, 1.807) is 6.07 Å². The van der Waals surface area contributed by atoms with Crippen molar-refractivity contribution < 1.29 is 14.2 Å².